The maximum absolute atomic E-state index is 12.4. The zero-order chi connectivity index (χ0) is 17.6. The molecule has 2 aromatic rings. The highest BCUT2D eigenvalue weighted by Gasteiger charge is 2.16. The van der Waals surface area contributed by atoms with Crippen LogP contribution in [0.5, 0.6) is 11.5 Å². The van der Waals surface area contributed by atoms with Crippen LogP contribution >= 0.6 is 0 Å². The molecule has 5 nitrogen and oxygen atoms in total. The molecule has 0 saturated heterocycles. The second-order valence-electron chi connectivity index (χ2n) is 5.33. The minimum absolute atomic E-state index is 0.154. The maximum Gasteiger partial charge on any atom is 0.240 e. The van der Waals surface area contributed by atoms with E-state index in [1.807, 2.05) is 12.1 Å². The monoisotopic (exact) mass is 349 g/mol. The Kier molecular flexibility index (Phi) is 6.23. The van der Waals surface area contributed by atoms with Crippen molar-refractivity contribution in [3.8, 4) is 11.5 Å². The van der Waals surface area contributed by atoms with Gasteiger partial charge < -0.3 is 9.47 Å². The molecule has 0 amide bonds. The van der Waals surface area contributed by atoms with Crippen LogP contribution in [-0.4, -0.2) is 29.2 Å². The summed E-state index contributed by atoms with van der Waals surface area (Å²) in [5, 5.41) is 0. The lowest BCUT2D eigenvalue weighted by Crippen LogP contribution is -2.26. The van der Waals surface area contributed by atoms with Crippen molar-refractivity contribution in [2.24, 2.45) is 0 Å². The summed E-state index contributed by atoms with van der Waals surface area (Å²) in [4.78, 5) is 0.154. The number of aryl methyl sites for hydroxylation is 1. The van der Waals surface area contributed by atoms with E-state index in [0.29, 0.717) is 24.5 Å². The fourth-order valence-electron chi connectivity index (χ4n) is 2.34. The SMILES string of the molecule is CCc1ccc(CCNS(=O)(=O)c2ccc(OC)c(OC)c2)cc1. The van der Waals surface area contributed by atoms with E-state index in [1.165, 1.54) is 31.9 Å². The average molecular weight is 349 g/mol. The van der Waals surface area contributed by atoms with Gasteiger partial charge in [-0.25, -0.2) is 13.1 Å². The number of hydrogen-bond donors (Lipinski definition) is 1. The van der Waals surface area contributed by atoms with E-state index < -0.39 is 10.0 Å². The van der Waals surface area contributed by atoms with E-state index in [-0.39, 0.29) is 4.90 Å². The van der Waals surface area contributed by atoms with Crippen molar-refractivity contribution in [3.63, 3.8) is 0 Å². The summed E-state index contributed by atoms with van der Waals surface area (Å²) in [7, 11) is -0.605. The normalized spacial score (nSPS) is 11.3. The highest BCUT2D eigenvalue weighted by atomic mass is 32.2. The minimum Gasteiger partial charge on any atom is -0.493 e. The van der Waals surface area contributed by atoms with Gasteiger partial charge in [0, 0.05) is 12.6 Å². The van der Waals surface area contributed by atoms with Gasteiger partial charge in [-0.2, -0.15) is 0 Å². The summed E-state index contributed by atoms with van der Waals surface area (Å²) < 4.78 is 37.7. The number of sulfonamides is 1. The number of ether oxygens (including phenoxy) is 2. The van der Waals surface area contributed by atoms with Gasteiger partial charge in [-0.1, -0.05) is 31.2 Å². The second kappa shape index (κ2) is 8.17. The molecule has 0 aliphatic heterocycles. The van der Waals surface area contributed by atoms with Gasteiger partial charge >= 0.3 is 0 Å². The zero-order valence-electron chi connectivity index (χ0n) is 14.2. The topological polar surface area (TPSA) is 64.6 Å². The minimum atomic E-state index is -3.59. The molecular weight excluding hydrogens is 326 g/mol. The summed E-state index contributed by atoms with van der Waals surface area (Å²) in [6.45, 7) is 2.44. The highest BCUT2D eigenvalue weighted by molar-refractivity contribution is 7.89. The maximum atomic E-state index is 12.4. The predicted octanol–water partition coefficient (Wildman–Crippen LogP) is 2.79. The van der Waals surface area contributed by atoms with Gasteiger partial charge in [-0.05, 0) is 36.1 Å². The fraction of sp³-hybridized carbons (Fsp3) is 0.333. The molecule has 0 bridgehead atoms. The van der Waals surface area contributed by atoms with E-state index in [9.17, 15) is 8.42 Å². The molecule has 24 heavy (non-hydrogen) atoms. The van der Waals surface area contributed by atoms with Crippen LogP contribution < -0.4 is 14.2 Å². The molecule has 0 radical (unpaired) electrons. The summed E-state index contributed by atoms with van der Waals surface area (Å²) in [6.07, 6.45) is 1.63. The highest BCUT2D eigenvalue weighted by Crippen LogP contribution is 2.29. The van der Waals surface area contributed by atoms with Crippen molar-refractivity contribution in [2.45, 2.75) is 24.7 Å². The lowest BCUT2D eigenvalue weighted by molar-refractivity contribution is 0.354. The van der Waals surface area contributed by atoms with Crippen molar-refractivity contribution >= 4 is 10.0 Å². The number of benzene rings is 2. The summed E-state index contributed by atoms with van der Waals surface area (Å²) in [5.74, 6) is 0.878. The standard InChI is InChI=1S/C18H23NO4S/c1-4-14-5-7-15(8-6-14)11-12-19-24(20,21)16-9-10-17(22-2)18(13-16)23-3/h5-10,13,19H,4,11-12H2,1-3H3. The van der Waals surface area contributed by atoms with E-state index in [4.69, 9.17) is 9.47 Å². The third-order valence-electron chi connectivity index (χ3n) is 3.80. The molecule has 0 aliphatic carbocycles. The van der Waals surface area contributed by atoms with Crippen LogP contribution in [0.15, 0.2) is 47.4 Å². The van der Waals surface area contributed by atoms with Gasteiger partial charge in [0.2, 0.25) is 10.0 Å². The molecule has 130 valence electrons. The molecule has 0 fully saturated rings. The smallest absolute Gasteiger partial charge is 0.240 e. The number of nitrogens with one attached hydrogen (secondary N) is 1. The van der Waals surface area contributed by atoms with Crippen LogP contribution in [0, 0.1) is 0 Å². The lowest BCUT2D eigenvalue weighted by atomic mass is 10.1. The second-order valence-corrected chi connectivity index (χ2v) is 7.10. The van der Waals surface area contributed by atoms with Crippen LogP contribution in [0.2, 0.25) is 0 Å². The van der Waals surface area contributed by atoms with Gasteiger partial charge in [0.15, 0.2) is 11.5 Å². The molecule has 0 unspecified atom stereocenters. The molecule has 0 saturated carbocycles. The van der Waals surface area contributed by atoms with E-state index in [1.54, 1.807) is 6.07 Å². The Labute approximate surface area is 143 Å². The molecular formula is C18H23NO4S. The first-order chi connectivity index (χ1) is 11.5. The lowest BCUT2D eigenvalue weighted by Gasteiger charge is -2.11. The van der Waals surface area contributed by atoms with E-state index in [2.05, 4.69) is 23.8 Å². The summed E-state index contributed by atoms with van der Waals surface area (Å²) >= 11 is 0. The largest absolute Gasteiger partial charge is 0.493 e. The van der Waals surface area contributed by atoms with Crippen molar-refractivity contribution in [1.29, 1.82) is 0 Å². The Morgan fingerprint density at radius 1 is 0.917 bits per heavy atom. The molecule has 0 heterocycles. The Balaban J connectivity index is 2.02. The number of rotatable bonds is 8. The molecule has 1 N–H and O–H groups in total. The fourth-order valence-corrected chi connectivity index (χ4v) is 3.39. The Morgan fingerprint density at radius 2 is 1.54 bits per heavy atom. The van der Waals surface area contributed by atoms with Crippen molar-refractivity contribution in [1.82, 2.24) is 4.72 Å². The van der Waals surface area contributed by atoms with E-state index in [0.717, 1.165) is 12.0 Å². The van der Waals surface area contributed by atoms with Gasteiger partial charge in [0.05, 0.1) is 19.1 Å². The third kappa shape index (κ3) is 4.49. The first-order valence-corrected chi connectivity index (χ1v) is 9.28. The molecule has 0 aromatic heterocycles. The van der Waals surface area contributed by atoms with Gasteiger partial charge in [0.25, 0.3) is 0 Å². The van der Waals surface area contributed by atoms with Crippen LogP contribution in [0.4, 0.5) is 0 Å². The molecule has 2 aromatic carbocycles. The van der Waals surface area contributed by atoms with Crippen molar-refractivity contribution in [3.05, 3.63) is 53.6 Å². The van der Waals surface area contributed by atoms with Gasteiger partial charge in [-0.15, -0.1) is 0 Å². The van der Waals surface area contributed by atoms with Crippen molar-refractivity contribution in [2.75, 3.05) is 20.8 Å². The van der Waals surface area contributed by atoms with Gasteiger partial charge in [-0.3, -0.25) is 0 Å². The van der Waals surface area contributed by atoms with E-state index >= 15 is 0 Å². The first-order valence-electron chi connectivity index (χ1n) is 7.79. The number of methoxy groups -OCH3 is 2. The Morgan fingerprint density at radius 3 is 2.12 bits per heavy atom. The van der Waals surface area contributed by atoms with Crippen LogP contribution in [0.25, 0.3) is 0 Å². The summed E-state index contributed by atoms with van der Waals surface area (Å²) in [5.41, 5.74) is 2.37. The average Bonchev–Trinajstić information content (AvgIpc) is 2.61. The van der Waals surface area contributed by atoms with Crippen LogP contribution in [0.1, 0.15) is 18.1 Å². The van der Waals surface area contributed by atoms with Crippen LogP contribution in [-0.2, 0) is 22.9 Å². The first kappa shape index (κ1) is 18.3. The van der Waals surface area contributed by atoms with Gasteiger partial charge in [0.1, 0.15) is 0 Å². The third-order valence-corrected chi connectivity index (χ3v) is 5.26. The number of hydrogen-bond acceptors (Lipinski definition) is 4. The predicted molar refractivity (Wildman–Crippen MR) is 94.3 cm³/mol. The van der Waals surface area contributed by atoms with Crippen molar-refractivity contribution < 1.29 is 17.9 Å². The molecule has 0 atom stereocenters. The molecule has 0 spiro atoms. The Bertz CT molecular complexity index is 770. The molecule has 2 rings (SSSR count). The summed E-state index contributed by atoms with van der Waals surface area (Å²) in [6, 6.07) is 12.7. The quantitative estimate of drug-likeness (QED) is 0.796. The Hall–Kier alpha value is -2.05. The zero-order valence-corrected chi connectivity index (χ0v) is 15.0. The molecule has 6 heteroatoms. The molecule has 0 aliphatic rings. The van der Waals surface area contributed by atoms with Crippen LogP contribution in [0.3, 0.4) is 0 Å².